The molecule has 2 heterocycles. The molecule has 1 aliphatic heterocycles. The minimum Gasteiger partial charge on any atom is -0.375 e. The molecule has 0 saturated carbocycles. The molecule has 16 heavy (non-hydrogen) atoms. The third-order valence-corrected chi connectivity index (χ3v) is 4.02. The summed E-state index contributed by atoms with van der Waals surface area (Å²) in [6.45, 7) is 8.12. The van der Waals surface area contributed by atoms with Crippen LogP contribution in [0, 0.1) is 5.92 Å². The van der Waals surface area contributed by atoms with E-state index in [1.807, 2.05) is 0 Å². The van der Waals surface area contributed by atoms with Crippen molar-refractivity contribution in [2.75, 3.05) is 19.7 Å². The molecule has 1 saturated heterocycles. The lowest BCUT2D eigenvalue weighted by atomic mass is 10.1. The van der Waals surface area contributed by atoms with Gasteiger partial charge in [-0.2, -0.15) is 0 Å². The summed E-state index contributed by atoms with van der Waals surface area (Å²) in [5, 5.41) is 6.67. The lowest BCUT2D eigenvalue weighted by Gasteiger charge is -2.07. The number of aromatic nitrogens is 1. The zero-order chi connectivity index (χ0) is 11.4. The Labute approximate surface area is 101 Å². The van der Waals surface area contributed by atoms with Gasteiger partial charge in [-0.05, 0) is 18.9 Å². The molecule has 1 aliphatic rings. The average Bonchev–Trinajstić information content (AvgIpc) is 2.87. The van der Waals surface area contributed by atoms with Crippen LogP contribution in [-0.2, 0) is 11.3 Å². The SMILES string of the molecule is CC(C)c1nc(COCC2CCNC2)cs1. The molecule has 0 amide bonds. The van der Waals surface area contributed by atoms with Gasteiger partial charge in [0.2, 0.25) is 0 Å². The van der Waals surface area contributed by atoms with Crippen LogP contribution in [0.15, 0.2) is 5.38 Å². The summed E-state index contributed by atoms with van der Waals surface area (Å²) in [6, 6.07) is 0. The molecule has 0 spiro atoms. The van der Waals surface area contributed by atoms with Crippen molar-refractivity contribution >= 4 is 11.3 Å². The van der Waals surface area contributed by atoms with Crippen LogP contribution in [-0.4, -0.2) is 24.7 Å². The van der Waals surface area contributed by atoms with Gasteiger partial charge >= 0.3 is 0 Å². The molecule has 3 nitrogen and oxygen atoms in total. The maximum Gasteiger partial charge on any atom is 0.0954 e. The molecule has 1 unspecified atom stereocenters. The number of hydrogen-bond acceptors (Lipinski definition) is 4. The van der Waals surface area contributed by atoms with E-state index in [4.69, 9.17) is 4.74 Å². The van der Waals surface area contributed by atoms with Crippen LogP contribution in [0.25, 0.3) is 0 Å². The molecule has 2 rings (SSSR count). The quantitative estimate of drug-likeness (QED) is 0.858. The number of thiazole rings is 1. The molecule has 0 aliphatic carbocycles. The number of nitrogens with one attached hydrogen (secondary N) is 1. The number of rotatable bonds is 5. The van der Waals surface area contributed by atoms with E-state index in [0.29, 0.717) is 18.4 Å². The van der Waals surface area contributed by atoms with Crippen LogP contribution < -0.4 is 5.32 Å². The van der Waals surface area contributed by atoms with Gasteiger partial charge in [0.25, 0.3) is 0 Å². The van der Waals surface area contributed by atoms with Crippen LogP contribution in [0.3, 0.4) is 0 Å². The maximum absolute atomic E-state index is 5.70. The Kier molecular flexibility index (Phi) is 4.32. The highest BCUT2D eigenvalue weighted by Crippen LogP contribution is 2.19. The standard InChI is InChI=1S/C12H20N2OS/c1-9(2)12-14-11(8-16-12)7-15-6-10-3-4-13-5-10/h8-10,13H,3-7H2,1-2H3. The van der Waals surface area contributed by atoms with E-state index in [2.05, 4.69) is 29.5 Å². The molecule has 1 atom stereocenters. The van der Waals surface area contributed by atoms with Gasteiger partial charge in [0.15, 0.2) is 0 Å². The monoisotopic (exact) mass is 240 g/mol. The van der Waals surface area contributed by atoms with Gasteiger partial charge in [0.1, 0.15) is 0 Å². The van der Waals surface area contributed by atoms with Crippen LogP contribution in [0.5, 0.6) is 0 Å². The third kappa shape index (κ3) is 3.27. The Morgan fingerprint density at radius 1 is 1.62 bits per heavy atom. The Bertz CT molecular complexity index is 319. The van der Waals surface area contributed by atoms with Crippen LogP contribution in [0.1, 0.15) is 36.9 Å². The summed E-state index contributed by atoms with van der Waals surface area (Å²) < 4.78 is 5.70. The zero-order valence-electron chi connectivity index (χ0n) is 10.0. The van der Waals surface area contributed by atoms with Crippen molar-refractivity contribution in [3.63, 3.8) is 0 Å². The van der Waals surface area contributed by atoms with Gasteiger partial charge in [0, 0.05) is 17.8 Å². The fourth-order valence-electron chi connectivity index (χ4n) is 1.84. The predicted molar refractivity (Wildman–Crippen MR) is 66.8 cm³/mol. The van der Waals surface area contributed by atoms with E-state index in [-0.39, 0.29) is 0 Å². The van der Waals surface area contributed by atoms with Gasteiger partial charge in [-0.15, -0.1) is 11.3 Å². The Morgan fingerprint density at radius 3 is 3.12 bits per heavy atom. The first kappa shape index (κ1) is 12.0. The average molecular weight is 240 g/mol. The highest BCUT2D eigenvalue weighted by atomic mass is 32.1. The molecular formula is C12H20N2OS. The highest BCUT2D eigenvalue weighted by molar-refractivity contribution is 7.09. The van der Waals surface area contributed by atoms with Crippen molar-refractivity contribution in [2.24, 2.45) is 5.92 Å². The molecular weight excluding hydrogens is 220 g/mol. The first-order valence-electron chi connectivity index (χ1n) is 5.98. The lowest BCUT2D eigenvalue weighted by Crippen LogP contribution is -2.13. The fourth-order valence-corrected chi connectivity index (χ4v) is 2.66. The van der Waals surface area contributed by atoms with Crippen molar-refractivity contribution in [3.05, 3.63) is 16.1 Å². The van der Waals surface area contributed by atoms with Crippen LogP contribution in [0.2, 0.25) is 0 Å². The number of ether oxygens (including phenoxy) is 1. The highest BCUT2D eigenvalue weighted by Gasteiger charge is 2.14. The second-order valence-corrected chi connectivity index (χ2v) is 5.60. The summed E-state index contributed by atoms with van der Waals surface area (Å²) in [6.07, 6.45) is 1.24. The van der Waals surface area contributed by atoms with E-state index in [1.165, 1.54) is 11.4 Å². The second kappa shape index (κ2) is 5.75. The summed E-state index contributed by atoms with van der Waals surface area (Å²) in [4.78, 5) is 4.55. The fraction of sp³-hybridized carbons (Fsp3) is 0.750. The molecule has 1 aromatic rings. The Morgan fingerprint density at radius 2 is 2.50 bits per heavy atom. The smallest absolute Gasteiger partial charge is 0.0954 e. The maximum atomic E-state index is 5.70. The molecule has 0 aromatic carbocycles. The van der Waals surface area contributed by atoms with Crippen molar-refractivity contribution < 1.29 is 4.74 Å². The first-order chi connectivity index (χ1) is 7.75. The molecule has 90 valence electrons. The molecule has 1 aromatic heterocycles. The summed E-state index contributed by atoms with van der Waals surface area (Å²) in [5.74, 6) is 1.22. The minimum atomic E-state index is 0.526. The number of hydrogen-bond donors (Lipinski definition) is 1. The summed E-state index contributed by atoms with van der Waals surface area (Å²) in [5.41, 5.74) is 1.08. The molecule has 1 N–H and O–H groups in total. The van der Waals surface area contributed by atoms with E-state index in [9.17, 15) is 0 Å². The van der Waals surface area contributed by atoms with E-state index >= 15 is 0 Å². The minimum absolute atomic E-state index is 0.526. The molecule has 0 radical (unpaired) electrons. The predicted octanol–water partition coefficient (Wildman–Crippen LogP) is 2.39. The van der Waals surface area contributed by atoms with E-state index in [1.54, 1.807) is 11.3 Å². The topological polar surface area (TPSA) is 34.1 Å². The lowest BCUT2D eigenvalue weighted by molar-refractivity contribution is 0.0905. The third-order valence-electron chi connectivity index (χ3n) is 2.83. The first-order valence-corrected chi connectivity index (χ1v) is 6.86. The summed E-state index contributed by atoms with van der Waals surface area (Å²) in [7, 11) is 0. The second-order valence-electron chi connectivity index (χ2n) is 4.71. The van der Waals surface area contributed by atoms with Crippen molar-refractivity contribution in [3.8, 4) is 0 Å². The van der Waals surface area contributed by atoms with E-state index < -0.39 is 0 Å². The Hall–Kier alpha value is -0.450. The normalized spacial score (nSPS) is 20.8. The molecule has 1 fully saturated rings. The largest absolute Gasteiger partial charge is 0.375 e. The zero-order valence-corrected chi connectivity index (χ0v) is 10.8. The van der Waals surface area contributed by atoms with Crippen molar-refractivity contribution in [1.82, 2.24) is 10.3 Å². The van der Waals surface area contributed by atoms with Crippen molar-refractivity contribution in [1.29, 1.82) is 0 Å². The molecule has 4 heteroatoms. The van der Waals surface area contributed by atoms with Crippen LogP contribution >= 0.6 is 11.3 Å². The van der Waals surface area contributed by atoms with Gasteiger partial charge in [0.05, 0.1) is 23.9 Å². The summed E-state index contributed by atoms with van der Waals surface area (Å²) >= 11 is 1.74. The Balaban J connectivity index is 1.72. The van der Waals surface area contributed by atoms with E-state index in [0.717, 1.165) is 25.4 Å². The van der Waals surface area contributed by atoms with Gasteiger partial charge in [-0.3, -0.25) is 0 Å². The van der Waals surface area contributed by atoms with Gasteiger partial charge in [-0.1, -0.05) is 13.8 Å². The van der Waals surface area contributed by atoms with Gasteiger partial charge < -0.3 is 10.1 Å². The van der Waals surface area contributed by atoms with Crippen molar-refractivity contribution in [2.45, 2.75) is 32.8 Å². The molecule has 0 bridgehead atoms. The number of nitrogens with zero attached hydrogens (tertiary/aromatic N) is 1. The van der Waals surface area contributed by atoms with Gasteiger partial charge in [-0.25, -0.2) is 4.98 Å². The van der Waals surface area contributed by atoms with Crippen LogP contribution in [0.4, 0.5) is 0 Å².